The van der Waals surface area contributed by atoms with Gasteiger partial charge in [-0.1, -0.05) is 30.3 Å². The quantitative estimate of drug-likeness (QED) is 0.540. The van der Waals surface area contributed by atoms with Gasteiger partial charge in [-0.15, -0.1) is 0 Å². The van der Waals surface area contributed by atoms with Gasteiger partial charge >= 0.3 is 0 Å². The first-order valence-corrected chi connectivity index (χ1v) is 10.5. The molecular formula is C24H24N4O3. The van der Waals surface area contributed by atoms with E-state index in [2.05, 4.69) is 4.98 Å². The topological polar surface area (TPSA) is 80.2 Å². The second-order valence-corrected chi connectivity index (χ2v) is 7.84. The third-order valence-corrected chi connectivity index (χ3v) is 6.04. The zero-order valence-corrected chi connectivity index (χ0v) is 17.4. The van der Waals surface area contributed by atoms with Crippen molar-refractivity contribution in [3.05, 3.63) is 76.5 Å². The first kappa shape index (κ1) is 19.5. The maximum Gasteiger partial charge on any atom is 0.261 e. The summed E-state index contributed by atoms with van der Waals surface area (Å²) in [4.78, 5) is 36.7. The number of para-hydroxylation sites is 2. The Kier molecular flexibility index (Phi) is 5.03. The molecule has 1 unspecified atom stereocenters. The largest absolute Gasteiger partial charge is 0.383 e. The van der Waals surface area contributed by atoms with Crippen molar-refractivity contribution in [1.82, 2.24) is 19.4 Å². The van der Waals surface area contributed by atoms with Crippen LogP contribution in [0.15, 0.2) is 59.5 Å². The highest BCUT2D eigenvalue weighted by molar-refractivity contribution is 6.06. The third-order valence-electron chi connectivity index (χ3n) is 6.04. The second-order valence-electron chi connectivity index (χ2n) is 7.84. The number of amides is 1. The summed E-state index contributed by atoms with van der Waals surface area (Å²) in [6.07, 6.45) is 3.41. The number of nitrogens with one attached hydrogen (secondary N) is 1. The lowest BCUT2D eigenvalue weighted by atomic mass is 10.1. The normalized spacial score (nSPS) is 16.4. The Labute approximate surface area is 179 Å². The molecule has 0 radical (unpaired) electrons. The molecule has 7 nitrogen and oxygen atoms in total. The van der Waals surface area contributed by atoms with Gasteiger partial charge < -0.3 is 14.6 Å². The van der Waals surface area contributed by atoms with Crippen LogP contribution in [0.5, 0.6) is 0 Å². The Bertz CT molecular complexity index is 1320. The van der Waals surface area contributed by atoms with E-state index < -0.39 is 0 Å². The average Bonchev–Trinajstić information content (AvgIpc) is 3.45. The van der Waals surface area contributed by atoms with Crippen molar-refractivity contribution in [1.29, 1.82) is 0 Å². The average molecular weight is 416 g/mol. The molecule has 0 spiro atoms. The molecule has 2 aromatic carbocycles. The van der Waals surface area contributed by atoms with Gasteiger partial charge in [0.05, 0.1) is 35.7 Å². The van der Waals surface area contributed by atoms with Gasteiger partial charge in [-0.05, 0) is 31.0 Å². The Morgan fingerprint density at radius 2 is 1.94 bits per heavy atom. The summed E-state index contributed by atoms with van der Waals surface area (Å²) in [5, 5.41) is 1.48. The summed E-state index contributed by atoms with van der Waals surface area (Å²) in [6, 6.07) is 14.9. The van der Waals surface area contributed by atoms with Crippen LogP contribution in [0.4, 0.5) is 0 Å². The van der Waals surface area contributed by atoms with Gasteiger partial charge in [0.25, 0.3) is 11.5 Å². The number of rotatable bonds is 5. The molecule has 1 aliphatic rings. The van der Waals surface area contributed by atoms with Gasteiger partial charge in [-0.25, -0.2) is 4.98 Å². The van der Waals surface area contributed by atoms with E-state index in [1.54, 1.807) is 23.9 Å². The van der Waals surface area contributed by atoms with Crippen LogP contribution in [0, 0.1) is 0 Å². The fraction of sp³-hybridized carbons (Fsp3) is 0.292. The van der Waals surface area contributed by atoms with Crippen LogP contribution in [0.2, 0.25) is 0 Å². The van der Waals surface area contributed by atoms with Crippen LogP contribution in [0.1, 0.15) is 35.1 Å². The summed E-state index contributed by atoms with van der Waals surface area (Å²) >= 11 is 0. The Morgan fingerprint density at radius 1 is 1.16 bits per heavy atom. The molecule has 0 aliphatic carbocycles. The van der Waals surface area contributed by atoms with Crippen molar-refractivity contribution in [2.24, 2.45) is 0 Å². The molecule has 4 aromatic rings. The van der Waals surface area contributed by atoms with Gasteiger partial charge in [0.2, 0.25) is 0 Å². The lowest BCUT2D eigenvalue weighted by molar-refractivity contribution is 0.0727. The fourth-order valence-electron chi connectivity index (χ4n) is 4.52. The van der Waals surface area contributed by atoms with E-state index in [1.165, 1.54) is 0 Å². The van der Waals surface area contributed by atoms with E-state index in [0.29, 0.717) is 42.0 Å². The summed E-state index contributed by atoms with van der Waals surface area (Å²) in [6.45, 7) is 1.43. The monoisotopic (exact) mass is 416 g/mol. The van der Waals surface area contributed by atoms with Crippen LogP contribution in [-0.2, 0) is 11.3 Å². The van der Waals surface area contributed by atoms with Crippen LogP contribution >= 0.6 is 0 Å². The number of nitrogens with zero attached hydrogens (tertiary/aromatic N) is 3. The first-order valence-electron chi connectivity index (χ1n) is 10.5. The SMILES string of the molecule is COCCn1c(C2CCCN2C(=O)c2c[nH]c3ccccc23)nc2ccccc2c1=O. The number of H-pyrrole nitrogens is 1. The van der Waals surface area contributed by atoms with E-state index in [4.69, 9.17) is 9.72 Å². The molecule has 7 heteroatoms. The van der Waals surface area contributed by atoms with Crippen molar-refractivity contribution in [3.63, 3.8) is 0 Å². The lowest BCUT2D eigenvalue weighted by Gasteiger charge is -2.26. The number of aromatic nitrogens is 3. The summed E-state index contributed by atoms with van der Waals surface area (Å²) in [7, 11) is 1.61. The van der Waals surface area contributed by atoms with Gasteiger partial charge in [-0.2, -0.15) is 0 Å². The number of carbonyl (C=O) groups excluding carboxylic acids is 1. The Hall–Kier alpha value is -3.45. The van der Waals surface area contributed by atoms with Crippen molar-refractivity contribution in [2.75, 3.05) is 20.3 Å². The van der Waals surface area contributed by atoms with Crippen LogP contribution in [0.25, 0.3) is 21.8 Å². The highest BCUT2D eigenvalue weighted by atomic mass is 16.5. The van der Waals surface area contributed by atoms with Crippen molar-refractivity contribution in [3.8, 4) is 0 Å². The molecule has 158 valence electrons. The third kappa shape index (κ3) is 3.31. The standard InChI is InChI=1S/C24H24N4O3/c1-31-14-13-28-22(26-20-10-5-3-8-17(20)23(28)29)21-11-6-12-27(21)24(30)18-15-25-19-9-4-2-7-16(18)19/h2-5,7-10,15,21,25H,6,11-14H2,1H3. The number of ether oxygens (including phenoxy) is 1. The lowest BCUT2D eigenvalue weighted by Crippen LogP contribution is -2.36. The van der Waals surface area contributed by atoms with Crippen molar-refractivity contribution >= 4 is 27.7 Å². The molecule has 5 rings (SSSR count). The van der Waals surface area contributed by atoms with Crippen molar-refractivity contribution < 1.29 is 9.53 Å². The van der Waals surface area contributed by atoms with E-state index >= 15 is 0 Å². The first-order chi connectivity index (χ1) is 15.2. The van der Waals surface area contributed by atoms with Gasteiger partial charge in [-0.3, -0.25) is 14.2 Å². The number of hydrogen-bond acceptors (Lipinski definition) is 4. The maximum absolute atomic E-state index is 13.5. The van der Waals surface area contributed by atoms with Crippen molar-refractivity contribution in [2.45, 2.75) is 25.4 Å². The summed E-state index contributed by atoms with van der Waals surface area (Å²) in [5.41, 5.74) is 2.14. The molecule has 1 aliphatic heterocycles. The number of benzene rings is 2. The summed E-state index contributed by atoms with van der Waals surface area (Å²) < 4.78 is 6.92. The molecule has 0 saturated carbocycles. The minimum atomic E-state index is -0.254. The molecule has 1 saturated heterocycles. The number of fused-ring (bicyclic) bond motifs is 2. The number of hydrogen-bond donors (Lipinski definition) is 1. The summed E-state index contributed by atoms with van der Waals surface area (Å²) in [5.74, 6) is 0.590. The molecule has 2 aromatic heterocycles. The molecule has 0 bridgehead atoms. The molecule has 3 heterocycles. The molecule has 31 heavy (non-hydrogen) atoms. The Morgan fingerprint density at radius 3 is 2.77 bits per heavy atom. The number of aromatic amines is 1. The second kappa shape index (κ2) is 8.00. The minimum absolute atomic E-state index is 0.0411. The predicted molar refractivity (Wildman–Crippen MR) is 119 cm³/mol. The van der Waals surface area contributed by atoms with E-state index in [1.807, 2.05) is 47.4 Å². The maximum atomic E-state index is 13.5. The number of carbonyl (C=O) groups is 1. The van der Waals surface area contributed by atoms with Crippen LogP contribution < -0.4 is 5.56 Å². The highest BCUT2D eigenvalue weighted by Crippen LogP contribution is 2.33. The number of likely N-dealkylation sites (tertiary alicyclic amines) is 1. The molecule has 1 atom stereocenters. The Balaban J connectivity index is 1.60. The van der Waals surface area contributed by atoms with E-state index in [-0.39, 0.29) is 17.5 Å². The minimum Gasteiger partial charge on any atom is -0.383 e. The molecule has 1 fully saturated rings. The number of methoxy groups -OCH3 is 1. The molecule has 1 amide bonds. The van der Waals surface area contributed by atoms with E-state index in [0.717, 1.165) is 23.7 Å². The van der Waals surface area contributed by atoms with Crippen LogP contribution in [0.3, 0.4) is 0 Å². The van der Waals surface area contributed by atoms with Gasteiger partial charge in [0.15, 0.2) is 0 Å². The van der Waals surface area contributed by atoms with Crippen LogP contribution in [-0.4, -0.2) is 45.6 Å². The smallest absolute Gasteiger partial charge is 0.261 e. The predicted octanol–water partition coefficient (Wildman–Crippen LogP) is 3.50. The fourth-order valence-corrected chi connectivity index (χ4v) is 4.52. The zero-order valence-electron chi connectivity index (χ0n) is 17.4. The zero-order chi connectivity index (χ0) is 21.4. The van der Waals surface area contributed by atoms with E-state index in [9.17, 15) is 9.59 Å². The van der Waals surface area contributed by atoms with Gasteiger partial charge in [0.1, 0.15) is 5.82 Å². The molecular weight excluding hydrogens is 392 g/mol. The molecule has 1 N–H and O–H groups in total. The van der Waals surface area contributed by atoms with Gasteiger partial charge in [0, 0.05) is 30.8 Å². The highest BCUT2D eigenvalue weighted by Gasteiger charge is 2.34.